The van der Waals surface area contributed by atoms with Crippen molar-refractivity contribution in [2.45, 2.75) is 31.2 Å². The third kappa shape index (κ3) is 3.83. The largest absolute Gasteiger partial charge is 0.336 e. The quantitative estimate of drug-likeness (QED) is 0.910. The molecular formula is C15H22N2O3S. The molecule has 6 heteroatoms. The molecule has 1 atom stereocenters. The fourth-order valence-electron chi connectivity index (χ4n) is 2.49. The number of hydrogen-bond donors (Lipinski definition) is 1. The Bertz CT molecular complexity index is 596. The summed E-state index contributed by atoms with van der Waals surface area (Å²) in [6.45, 7) is 6.02. The summed E-state index contributed by atoms with van der Waals surface area (Å²) in [7, 11) is -3.22. The predicted octanol–water partition coefficient (Wildman–Crippen LogP) is 1.30. The van der Waals surface area contributed by atoms with Crippen molar-refractivity contribution in [1.82, 2.24) is 10.2 Å². The summed E-state index contributed by atoms with van der Waals surface area (Å²) in [6, 6.07) is 6.56. The number of carbonyl (C=O) groups is 1. The van der Waals surface area contributed by atoms with E-state index < -0.39 is 9.84 Å². The van der Waals surface area contributed by atoms with E-state index in [-0.39, 0.29) is 22.6 Å². The van der Waals surface area contributed by atoms with Crippen LogP contribution in [0.1, 0.15) is 30.6 Å². The van der Waals surface area contributed by atoms with Gasteiger partial charge < -0.3 is 10.2 Å². The molecule has 116 valence electrons. The average molecular weight is 310 g/mol. The van der Waals surface area contributed by atoms with Crippen LogP contribution in [-0.4, -0.2) is 50.7 Å². The Morgan fingerprint density at radius 2 is 2.00 bits per heavy atom. The highest BCUT2D eigenvalue weighted by molar-refractivity contribution is 7.91. The summed E-state index contributed by atoms with van der Waals surface area (Å²) in [5.74, 6) is 0.0954. The zero-order chi connectivity index (χ0) is 15.5. The Labute approximate surface area is 126 Å². The van der Waals surface area contributed by atoms with Gasteiger partial charge in [-0.2, -0.15) is 0 Å². The number of hydrogen-bond acceptors (Lipinski definition) is 4. The van der Waals surface area contributed by atoms with E-state index in [4.69, 9.17) is 0 Å². The van der Waals surface area contributed by atoms with E-state index in [0.717, 1.165) is 6.54 Å². The molecule has 1 saturated heterocycles. The second-order valence-electron chi connectivity index (χ2n) is 5.45. The third-order valence-corrected chi connectivity index (χ3v) is 5.53. The molecule has 1 aliphatic rings. The zero-order valence-electron chi connectivity index (χ0n) is 12.5. The molecule has 21 heavy (non-hydrogen) atoms. The number of rotatable bonds is 4. The van der Waals surface area contributed by atoms with E-state index in [1.807, 2.05) is 13.8 Å². The normalized spacial score (nSPS) is 19.5. The molecule has 1 aromatic carbocycles. The summed E-state index contributed by atoms with van der Waals surface area (Å²) >= 11 is 0. The molecule has 1 amide bonds. The Kier molecular flexibility index (Phi) is 5.00. The number of benzene rings is 1. The van der Waals surface area contributed by atoms with E-state index in [1.165, 1.54) is 12.1 Å². The SMILES string of the molecule is CCCS(=O)(=O)c1ccc(C(=O)N2CCN[C@H](C)C2)cc1. The molecule has 0 radical (unpaired) electrons. The van der Waals surface area contributed by atoms with E-state index in [1.54, 1.807) is 17.0 Å². The second-order valence-corrected chi connectivity index (χ2v) is 7.56. The van der Waals surface area contributed by atoms with Crippen molar-refractivity contribution in [1.29, 1.82) is 0 Å². The molecule has 0 aromatic heterocycles. The Morgan fingerprint density at radius 1 is 1.33 bits per heavy atom. The predicted molar refractivity (Wildman–Crippen MR) is 82.2 cm³/mol. The maximum atomic E-state index is 12.4. The van der Waals surface area contributed by atoms with Crippen molar-refractivity contribution < 1.29 is 13.2 Å². The first-order chi connectivity index (χ1) is 9.94. The van der Waals surface area contributed by atoms with Crippen LogP contribution >= 0.6 is 0 Å². The van der Waals surface area contributed by atoms with Gasteiger partial charge in [-0.3, -0.25) is 4.79 Å². The maximum absolute atomic E-state index is 12.4. The molecule has 0 spiro atoms. The average Bonchev–Trinajstić information content (AvgIpc) is 2.46. The first-order valence-electron chi connectivity index (χ1n) is 7.29. The van der Waals surface area contributed by atoms with Crippen LogP contribution in [0.3, 0.4) is 0 Å². The lowest BCUT2D eigenvalue weighted by molar-refractivity contribution is 0.0709. The zero-order valence-corrected chi connectivity index (χ0v) is 13.3. The van der Waals surface area contributed by atoms with Crippen LogP contribution < -0.4 is 5.32 Å². The van der Waals surface area contributed by atoms with Crippen LogP contribution in [0.25, 0.3) is 0 Å². The molecule has 5 nitrogen and oxygen atoms in total. The van der Waals surface area contributed by atoms with Crippen molar-refractivity contribution in [3.05, 3.63) is 29.8 Å². The molecule has 0 aliphatic carbocycles. The number of amides is 1. The van der Waals surface area contributed by atoms with Crippen LogP contribution in [0.2, 0.25) is 0 Å². The van der Waals surface area contributed by atoms with Gasteiger partial charge in [-0.1, -0.05) is 6.92 Å². The Hall–Kier alpha value is -1.40. The van der Waals surface area contributed by atoms with Gasteiger partial charge in [0.25, 0.3) is 5.91 Å². The minimum Gasteiger partial charge on any atom is -0.336 e. The van der Waals surface area contributed by atoms with Crippen LogP contribution in [0.5, 0.6) is 0 Å². The Morgan fingerprint density at radius 3 is 2.57 bits per heavy atom. The van der Waals surface area contributed by atoms with Crippen LogP contribution in [0.4, 0.5) is 0 Å². The first-order valence-corrected chi connectivity index (χ1v) is 8.94. The van der Waals surface area contributed by atoms with E-state index >= 15 is 0 Å². The van der Waals surface area contributed by atoms with E-state index in [9.17, 15) is 13.2 Å². The highest BCUT2D eigenvalue weighted by atomic mass is 32.2. The summed E-state index contributed by atoms with van der Waals surface area (Å²) in [4.78, 5) is 14.5. The third-order valence-electron chi connectivity index (χ3n) is 3.59. The smallest absolute Gasteiger partial charge is 0.253 e. The molecule has 0 bridgehead atoms. The monoisotopic (exact) mass is 310 g/mol. The minimum atomic E-state index is -3.22. The van der Waals surface area contributed by atoms with Gasteiger partial charge in [0, 0.05) is 31.2 Å². The van der Waals surface area contributed by atoms with Crippen LogP contribution in [0.15, 0.2) is 29.2 Å². The fraction of sp³-hybridized carbons (Fsp3) is 0.533. The topological polar surface area (TPSA) is 66.5 Å². The summed E-state index contributed by atoms with van der Waals surface area (Å²) < 4.78 is 23.9. The molecule has 1 aliphatic heterocycles. The number of carbonyl (C=O) groups excluding carboxylic acids is 1. The molecule has 1 aromatic rings. The van der Waals surface area contributed by atoms with Gasteiger partial charge in [-0.15, -0.1) is 0 Å². The van der Waals surface area contributed by atoms with Crippen molar-refractivity contribution in [2.24, 2.45) is 0 Å². The minimum absolute atomic E-state index is 0.0391. The molecule has 1 N–H and O–H groups in total. The second kappa shape index (κ2) is 6.58. The van der Waals surface area contributed by atoms with Crippen LogP contribution in [0, 0.1) is 0 Å². The summed E-state index contributed by atoms with van der Waals surface area (Å²) in [6.07, 6.45) is 0.585. The molecule has 1 fully saturated rings. The number of nitrogens with one attached hydrogen (secondary N) is 1. The van der Waals surface area contributed by atoms with Gasteiger partial charge in [-0.25, -0.2) is 8.42 Å². The molecule has 0 saturated carbocycles. The van der Waals surface area contributed by atoms with Crippen molar-refractivity contribution in [2.75, 3.05) is 25.4 Å². The first kappa shape index (κ1) is 16.0. The van der Waals surface area contributed by atoms with Gasteiger partial charge in [0.15, 0.2) is 9.84 Å². The Balaban J connectivity index is 2.13. The molecular weight excluding hydrogens is 288 g/mol. The lowest BCUT2D eigenvalue weighted by Crippen LogP contribution is -2.51. The number of nitrogens with zero attached hydrogens (tertiary/aromatic N) is 1. The van der Waals surface area contributed by atoms with Gasteiger partial charge in [0.2, 0.25) is 0 Å². The van der Waals surface area contributed by atoms with Crippen molar-refractivity contribution in [3.8, 4) is 0 Å². The molecule has 1 heterocycles. The fourth-order valence-corrected chi connectivity index (χ4v) is 3.81. The standard InChI is InChI=1S/C15H22N2O3S/c1-3-10-21(19,20)14-6-4-13(5-7-14)15(18)17-9-8-16-12(2)11-17/h4-7,12,16H,3,8-11H2,1-2H3/t12-/m1/s1. The lowest BCUT2D eigenvalue weighted by Gasteiger charge is -2.32. The van der Waals surface area contributed by atoms with Crippen molar-refractivity contribution in [3.63, 3.8) is 0 Å². The highest BCUT2D eigenvalue weighted by Crippen LogP contribution is 2.15. The molecule has 0 unspecified atom stereocenters. The highest BCUT2D eigenvalue weighted by Gasteiger charge is 2.22. The van der Waals surface area contributed by atoms with Gasteiger partial charge in [-0.05, 0) is 37.6 Å². The van der Waals surface area contributed by atoms with Crippen LogP contribution in [-0.2, 0) is 9.84 Å². The lowest BCUT2D eigenvalue weighted by atomic mass is 10.1. The number of sulfone groups is 1. The van der Waals surface area contributed by atoms with E-state index in [2.05, 4.69) is 5.32 Å². The van der Waals surface area contributed by atoms with Gasteiger partial charge in [0.05, 0.1) is 10.6 Å². The summed E-state index contributed by atoms with van der Waals surface area (Å²) in [5.41, 5.74) is 0.541. The van der Waals surface area contributed by atoms with E-state index in [0.29, 0.717) is 25.1 Å². The van der Waals surface area contributed by atoms with Gasteiger partial charge >= 0.3 is 0 Å². The molecule has 2 rings (SSSR count). The maximum Gasteiger partial charge on any atom is 0.253 e. The van der Waals surface area contributed by atoms with Gasteiger partial charge in [0.1, 0.15) is 0 Å². The van der Waals surface area contributed by atoms with Crippen molar-refractivity contribution >= 4 is 15.7 Å². The summed E-state index contributed by atoms with van der Waals surface area (Å²) in [5, 5.41) is 3.29. The number of piperazine rings is 1.